The number of hydrogen-bond acceptors (Lipinski definition) is 3. The van der Waals surface area contributed by atoms with Crippen LogP contribution in [-0.4, -0.2) is 29.3 Å². The van der Waals surface area contributed by atoms with Gasteiger partial charge in [0.15, 0.2) is 0 Å². The fraction of sp³-hybridized carbons (Fsp3) is 0.273. The Hall–Kier alpha value is -3.29. The number of carbonyl (C=O) groups is 2. The number of amides is 2. The Morgan fingerprint density at radius 3 is 2.67 bits per heavy atom. The van der Waals surface area contributed by atoms with Gasteiger partial charge in [-0.15, -0.1) is 0 Å². The van der Waals surface area contributed by atoms with Crippen LogP contribution in [0.5, 0.6) is 0 Å². The first kappa shape index (κ1) is 20.0. The van der Waals surface area contributed by atoms with Crippen molar-refractivity contribution in [2.45, 2.75) is 31.8 Å². The number of fused-ring (bicyclic) bond motifs is 1. The van der Waals surface area contributed by atoms with Gasteiger partial charge in [-0.2, -0.15) is 0 Å². The van der Waals surface area contributed by atoms with Gasteiger partial charge in [0.1, 0.15) is 29.1 Å². The average molecular weight is 416 g/mol. The molecule has 0 aliphatic carbocycles. The average Bonchev–Trinajstić information content (AvgIpc) is 3.08. The fourth-order valence-corrected chi connectivity index (χ4v) is 3.70. The van der Waals surface area contributed by atoms with E-state index < -0.39 is 23.5 Å². The van der Waals surface area contributed by atoms with E-state index in [4.69, 9.17) is 4.42 Å². The minimum atomic E-state index is -0.717. The van der Waals surface area contributed by atoms with Crippen molar-refractivity contribution in [2.24, 2.45) is 0 Å². The van der Waals surface area contributed by atoms with Gasteiger partial charge in [-0.05, 0) is 31.0 Å². The summed E-state index contributed by atoms with van der Waals surface area (Å²) in [6.45, 7) is 0.440. The van der Waals surface area contributed by atoms with E-state index in [9.17, 15) is 22.8 Å². The second-order valence-corrected chi connectivity index (χ2v) is 7.34. The second-order valence-electron chi connectivity index (χ2n) is 7.34. The van der Waals surface area contributed by atoms with Crippen LogP contribution in [0, 0.1) is 17.5 Å². The molecular weight excluding hydrogens is 397 g/mol. The van der Waals surface area contributed by atoms with Crippen LogP contribution in [0.2, 0.25) is 0 Å². The predicted octanol–water partition coefficient (Wildman–Crippen LogP) is 3.70. The van der Waals surface area contributed by atoms with E-state index in [-0.39, 0.29) is 30.3 Å². The number of furan rings is 1. The predicted molar refractivity (Wildman–Crippen MR) is 103 cm³/mol. The fourth-order valence-electron chi connectivity index (χ4n) is 3.70. The molecule has 2 aromatic carbocycles. The number of halogens is 3. The van der Waals surface area contributed by atoms with E-state index in [0.29, 0.717) is 35.9 Å². The van der Waals surface area contributed by atoms with Crippen LogP contribution in [-0.2, 0) is 22.6 Å². The Kier molecular flexibility index (Phi) is 5.48. The molecule has 156 valence electrons. The molecule has 1 fully saturated rings. The van der Waals surface area contributed by atoms with Crippen molar-refractivity contribution in [1.29, 1.82) is 0 Å². The van der Waals surface area contributed by atoms with Crippen LogP contribution in [0.15, 0.2) is 47.1 Å². The topological polar surface area (TPSA) is 62.6 Å². The molecule has 30 heavy (non-hydrogen) atoms. The molecule has 1 aliphatic heterocycles. The number of rotatable bonds is 5. The van der Waals surface area contributed by atoms with Crippen molar-refractivity contribution in [3.8, 4) is 0 Å². The minimum absolute atomic E-state index is 0.00918. The molecule has 0 bridgehead atoms. The summed E-state index contributed by atoms with van der Waals surface area (Å²) in [6, 6.07) is 6.60. The van der Waals surface area contributed by atoms with Gasteiger partial charge in [-0.1, -0.05) is 6.07 Å². The van der Waals surface area contributed by atoms with Crippen LogP contribution in [0.25, 0.3) is 11.0 Å². The van der Waals surface area contributed by atoms with Crippen molar-refractivity contribution in [2.75, 3.05) is 6.54 Å². The highest BCUT2D eigenvalue weighted by molar-refractivity contribution is 5.91. The lowest BCUT2D eigenvalue weighted by atomic mass is 10.0. The summed E-state index contributed by atoms with van der Waals surface area (Å²) in [7, 11) is 0. The molecule has 8 heteroatoms. The van der Waals surface area contributed by atoms with Crippen LogP contribution >= 0.6 is 0 Å². The molecule has 2 amide bonds. The summed E-state index contributed by atoms with van der Waals surface area (Å²) >= 11 is 0. The first-order valence-electron chi connectivity index (χ1n) is 9.58. The lowest BCUT2D eigenvalue weighted by molar-refractivity contribution is -0.139. The van der Waals surface area contributed by atoms with Crippen molar-refractivity contribution in [1.82, 2.24) is 10.2 Å². The third kappa shape index (κ3) is 4.17. The molecule has 1 unspecified atom stereocenters. The Labute approximate surface area is 170 Å². The molecule has 0 spiro atoms. The van der Waals surface area contributed by atoms with Gasteiger partial charge in [0.05, 0.1) is 12.7 Å². The molecule has 0 radical (unpaired) electrons. The Bertz CT molecular complexity index is 1110. The molecule has 2 heterocycles. The van der Waals surface area contributed by atoms with Gasteiger partial charge in [0, 0.05) is 41.7 Å². The van der Waals surface area contributed by atoms with E-state index in [1.165, 1.54) is 29.4 Å². The summed E-state index contributed by atoms with van der Waals surface area (Å²) in [5.41, 5.74) is 1.16. The highest BCUT2D eigenvalue weighted by Gasteiger charge is 2.30. The van der Waals surface area contributed by atoms with E-state index in [1.54, 1.807) is 6.07 Å². The molecule has 3 aromatic rings. The number of nitrogens with one attached hydrogen (secondary N) is 1. The van der Waals surface area contributed by atoms with E-state index in [2.05, 4.69) is 5.32 Å². The number of hydrogen-bond donors (Lipinski definition) is 1. The zero-order valence-electron chi connectivity index (χ0n) is 16.0. The minimum Gasteiger partial charge on any atom is -0.464 e. The Morgan fingerprint density at radius 2 is 1.87 bits per heavy atom. The summed E-state index contributed by atoms with van der Waals surface area (Å²) in [5.74, 6) is -2.50. The normalized spacial score (nSPS) is 16.8. The van der Waals surface area contributed by atoms with Crippen LogP contribution < -0.4 is 5.32 Å². The molecular formula is C22H19F3N2O3. The van der Waals surface area contributed by atoms with Gasteiger partial charge in [0.25, 0.3) is 0 Å². The molecule has 1 saturated heterocycles. The lowest BCUT2D eigenvalue weighted by Gasteiger charge is -2.32. The lowest BCUT2D eigenvalue weighted by Crippen LogP contribution is -2.52. The summed E-state index contributed by atoms with van der Waals surface area (Å²) in [5, 5.41) is 3.36. The third-order valence-electron chi connectivity index (χ3n) is 5.21. The number of likely N-dealkylation sites (tertiary alicyclic amines) is 1. The SMILES string of the molecule is O=C(Cc1coc2cc(F)ccc12)NC1CCCN(Cc2ccc(F)cc2F)C1=O. The van der Waals surface area contributed by atoms with E-state index in [0.717, 1.165) is 12.1 Å². The van der Waals surface area contributed by atoms with Crippen LogP contribution in [0.1, 0.15) is 24.0 Å². The third-order valence-corrected chi connectivity index (χ3v) is 5.21. The van der Waals surface area contributed by atoms with Crippen molar-refractivity contribution >= 4 is 22.8 Å². The monoisotopic (exact) mass is 416 g/mol. The number of carbonyl (C=O) groups excluding carboxylic acids is 2. The molecule has 5 nitrogen and oxygen atoms in total. The largest absolute Gasteiger partial charge is 0.464 e. The molecule has 1 atom stereocenters. The van der Waals surface area contributed by atoms with Gasteiger partial charge in [0.2, 0.25) is 11.8 Å². The van der Waals surface area contributed by atoms with Crippen molar-refractivity contribution in [3.05, 3.63) is 71.2 Å². The standard InChI is InChI=1S/C22H19F3N2O3/c23-15-4-3-13(18(25)9-15)11-27-7-1-2-19(22(27)29)26-21(28)8-14-12-30-20-10-16(24)5-6-17(14)20/h3-6,9-10,12,19H,1-2,7-8,11H2,(H,26,28). The maximum atomic E-state index is 13.9. The quantitative estimate of drug-likeness (QED) is 0.690. The maximum Gasteiger partial charge on any atom is 0.245 e. The molecule has 0 saturated carbocycles. The maximum absolute atomic E-state index is 13.9. The van der Waals surface area contributed by atoms with Gasteiger partial charge < -0.3 is 14.6 Å². The smallest absolute Gasteiger partial charge is 0.245 e. The zero-order valence-corrected chi connectivity index (χ0v) is 16.0. The second kappa shape index (κ2) is 8.22. The van der Waals surface area contributed by atoms with Gasteiger partial charge in [-0.3, -0.25) is 9.59 Å². The first-order valence-corrected chi connectivity index (χ1v) is 9.58. The highest BCUT2D eigenvalue weighted by Crippen LogP contribution is 2.23. The molecule has 4 rings (SSSR count). The van der Waals surface area contributed by atoms with E-state index in [1.807, 2.05) is 0 Å². The van der Waals surface area contributed by atoms with Crippen molar-refractivity contribution in [3.63, 3.8) is 0 Å². The summed E-state index contributed by atoms with van der Waals surface area (Å²) in [4.78, 5) is 26.7. The first-order chi connectivity index (χ1) is 14.4. The molecule has 1 aliphatic rings. The summed E-state index contributed by atoms with van der Waals surface area (Å²) < 4.78 is 45.6. The van der Waals surface area contributed by atoms with Crippen molar-refractivity contribution < 1.29 is 27.2 Å². The Balaban J connectivity index is 1.41. The molecule has 1 N–H and O–H groups in total. The van der Waals surface area contributed by atoms with Gasteiger partial charge >= 0.3 is 0 Å². The van der Waals surface area contributed by atoms with Crippen LogP contribution in [0.4, 0.5) is 13.2 Å². The summed E-state index contributed by atoms with van der Waals surface area (Å²) in [6.07, 6.45) is 2.50. The van der Waals surface area contributed by atoms with Gasteiger partial charge in [-0.25, -0.2) is 13.2 Å². The highest BCUT2D eigenvalue weighted by atomic mass is 19.1. The number of piperidine rings is 1. The molecule has 1 aromatic heterocycles. The Morgan fingerprint density at radius 1 is 1.10 bits per heavy atom. The number of nitrogens with zero attached hydrogens (tertiary/aromatic N) is 1. The van der Waals surface area contributed by atoms with Crippen LogP contribution in [0.3, 0.4) is 0 Å². The number of benzene rings is 2. The van der Waals surface area contributed by atoms with E-state index >= 15 is 0 Å². The zero-order chi connectivity index (χ0) is 21.3.